The average Bonchev–Trinajstić information content (AvgIpc) is 2.55. The van der Waals surface area contributed by atoms with Crippen LogP contribution in [0.3, 0.4) is 0 Å². The number of aromatic nitrogens is 1. The number of amides is 1. The third-order valence-electron chi connectivity index (χ3n) is 5.08. The lowest BCUT2D eigenvalue weighted by Crippen LogP contribution is -2.62. The first-order valence-electron chi connectivity index (χ1n) is 7.92. The van der Waals surface area contributed by atoms with Gasteiger partial charge in [0.2, 0.25) is 5.91 Å². The number of rotatable bonds is 3. The summed E-state index contributed by atoms with van der Waals surface area (Å²) in [5.41, 5.74) is 14.3. The molecule has 4 atom stereocenters. The van der Waals surface area contributed by atoms with Crippen LogP contribution in [-0.2, 0) is 11.2 Å². The molecule has 2 aliphatic rings. The predicted octanol–water partition coefficient (Wildman–Crippen LogP) is 1.11. The van der Waals surface area contributed by atoms with Crippen molar-refractivity contribution < 1.29 is 4.79 Å². The zero-order chi connectivity index (χ0) is 14.8. The van der Waals surface area contributed by atoms with E-state index >= 15 is 0 Å². The van der Waals surface area contributed by atoms with Crippen molar-refractivity contribution in [3.05, 3.63) is 29.6 Å². The second kappa shape index (κ2) is 6.12. The molecule has 0 spiro atoms. The van der Waals surface area contributed by atoms with Gasteiger partial charge in [0.1, 0.15) is 0 Å². The summed E-state index contributed by atoms with van der Waals surface area (Å²) in [5, 5.41) is 0. The van der Waals surface area contributed by atoms with E-state index < -0.39 is 0 Å². The Kier molecular flexibility index (Phi) is 4.22. The molecule has 4 unspecified atom stereocenters. The van der Waals surface area contributed by atoms with E-state index in [2.05, 4.69) is 28.8 Å². The molecule has 2 heterocycles. The second-order valence-electron chi connectivity index (χ2n) is 6.24. The van der Waals surface area contributed by atoms with Crippen LogP contribution in [-0.4, -0.2) is 23.5 Å². The van der Waals surface area contributed by atoms with Gasteiger partial charge in [0.05, 0.1) is 0 Å². The molecule has 4 N–H and O–H groups in total. The molecule has 1 aromatic rings. The van der Waals surface area contributed by atoms with Gasteiger partial charge in [-0.2, -0.15) is 0 Å². The maximum atomic E-state index is 12.0. The number of pyridine rings is 1. The first-order valence-corrected chi connectivity index (χ1v) is 7.92. The highest BCUT2D eigenvalue weighted by Crippen LogP contribution is 2.42. The van der Waals surface area contributed by atoms with Gasteiger partial charge in [-0.1, -0.05) is 13.0 Å². The molecule has 0 radical (unpaired) electrons. The Balaban J connectivity index is 1.79. The number of hydrogen-bond donors (Lipinski definition) is 3. The fourth-order valence-corrected chi connectivity index (χ4v) is 3.80. The lowest BCUT2D eigenvalue weighted by molar-refractivity contribution is -0.133. The molecule has 21 heavy (non-hydrogen) atoms. The second-order valence-corrected chi connectivity index (χ2v) is 6.24. The number of carbonyl (C=O) groups is 1. The average molecular weight is 288 g/mol. The highest BCUT2D eigenvalue weighted by Gasteiger charge is 2.42. The van der Waals surface area contributed by atoms with Crippen molar-refractivity contribution in [2.45, 2.75) is 44.6 Å². The van der Waals surface area contributed by atoms with Gasteiger partial charge in [0.15, 0.2) is 0 Å². The van der Waals surface area contributed by atoms with Crippen molar-refractivity contribution in [2.75, 3.05) is 6.54 Å². The molecule has 5 nitrogen and oxygen atoms in total. The number of aryl methyl sites for hydroxylation is 1. The number of nitrogens with one attached hydrogen (secondary N) is 2. The van der Waals surface area contributed by atoms with Gasteiger partial charge in [0.25, 0.3) is 0 Å². The molecule has 1 amide bonds. The summed E-state index contributed by atoms with van der Waals surface area (Å²) in [7, 11) is 0. The Hall–Kier alpha value is -1.46. The van der Waals surface area contributed by atoms with Gasteiger partial charge >= 0.3 is 0 Å². The molecular weight excluding hydrogens is 264 g/mol. The fourth-order valence-electron chi connectivity index (χ4n) is 3.80. The number of nitrogens with two attached hydrogens (primary N) is 1. The van der Waals surface area contributed by atoms with Crippen LogP contribution in [0.15, 0.2) is 18.5 Å². The zero-order valence-electron chi connectivity index (χ0n) is 12.5. The lowest BCUT2D eigenvalue weighted by Gasteiger charge is -2.43. The molecule has 1 aliphatic carbocycles. The maximum absolute atomic E-state index is 12.0. The number of hydrazine groups is 1. The number of nitrogens with zero attached hydrogens (tertiary/aromatic N) is 1. The molecule has 0 bridgehead atoms. The molecule has 1 aliphatic heterocycles. The molecule has 5 heteroatoms. The van der Waals surface area contributed by atoms with Crippen molar-refractivity contribution in [2.24, 2.45) is 17.6 Å². The summed E-state index contributed by atoms with van der Waals surface area (Å²) in [6.45, 7) is 2.71. The van der Waals surface area contributed by atoms with E-state index in [-0.39, 0.29) is 17.9 Å². The first-order chi connectivity index (χ1) is 10.2. The van der Waals surface area contributed by atoms with E-state index in [1.165, 1.54) is 11.1 Å². The van der Waals surface area contributed by atoms with Crippen molar-refractivity contribution in [1.82, 2.24) is 15.8 Å². The SMILES string of the molecule is CCc1cncc(C2CCC3C(=O)NNC(CN)C3C2)c1. The van der Waals surface area contributed by atoms with Crippen molar-refractivity contribution >= 4 is 5.91 Å². The van der Waals surface area contributed by atoms with Gasteiger partial charge in [-0.15, -0.1) is 0 Å². The Morgan fingerprint density at radius 1 is 1.38 bits per heavy atom. The van der Waals surface area contributed by atoms with Crippen LogP contribution in [0.2, 0.25) is 0 Å². The standard InChI is InChI=1S/C16H24N4O/c1-2-10-5-12(9-18-8-10)11-3-4-13-14(6-11)15(7-17)19-20-16(13)21/h5,8-9,11,13-15,19H,2-4,6-7,17H2,1H3,(H,20,21). The monoisotopic (exact) mass is 288 g/mol. The van der Waals surface area contributed by atoms with E-state index in [4.69, 9.17) is 5.73 Å². The highest BCUT2D eigenvalue weighted by molar-refractivity contribution is 5.79. The lowest BCUT2D eigenvalue weighted by atomic mass is 9.68. The summed E-state index contributed by atoms with van der Waals surface area (Å²) in [4.78, 5) is 16.4. The topological polar surface area (TPSA) is 80.0 Å². The highest BCUT2D eigenvalue weighted by atomic mass is 16.2. The van der Waals surface area contributed by atoms with Crippen LogP contribution < -0.4 is 16.6 Å². The minimum absolute atomic E-state index is 0.110. The Morgan fingerprint density at radius 2 is 2.24 bits per heavy atom. The maximum Gasteiger partial charge on any atom is 0.237 e. The van der Waals surface area contributed by atoms with Crippen LogP contribution >= 0.6 is 0 Å². The van der Waals surface area contributed by atoms with Crippen LogP contribution in [0.25, 0.3) is 0 Å². The molecule has 0 aromatic carbocycles. The molecule has 1 saturated carbocycles. The number of carbonyl (C=O) groups excluding carboxylic acids is 1. The van der Waals surface area contributed by atoms with Gasteiger partial charge in [-0.3, -0.25) is 15.2 Å². The van der Waals surface area contributed by atoms with Gasteiger partial charge in [-0.25, -0.2) is 5.43 Å². The van der Waals surface area contributed by atoms with Crippen molar-refractivity contribution in [3.63, 3.8) is 0 Å². The third-order valence-corrected chi connectivity index (χ3v) is 5.08. The van der Waals surface area contributed by atoms with Crippen LogP contribution in [0.4, 0.5) is 0 Å². The van der Waals surface area contributed by atoms with Crippen LogP contribution in [0.5, 0.6) is 0 Å². The largest absolute Gasteiger partial charge is 0.329 e. The Bertz CT molecular complexity index is 519. The molecule has 114 valence electrons. The summed E-state index contributed by atoms with van der Waals surface area (Å²) < 4.78 is 0. The van der Waals surface area contributed by atoms with E-state index in [0.717, 1.165) is 25.7 Å². The minimum Gasteiger partial charge on any atom is -0.329 e. The van der Waals surface area contributed by atoms with Gasteiger partial charge in [-0.05, 0) is 48.6 Å². The third kappa shape index (κ3) is 2.80. The summed E-state index contributed by atoms with van der Waals surface area (Å²) in [6, 6.07) is 2.45. The number of fused-ring (bicyclic) bond motifs is 1. The Morgan fingerprint density at radius 3 is 3.00 bits per heavy atom. The first kappa shape index (κ1) is 14.5. The van der Waals surface area contributed by atoms with E-state index in [1.54, 1.807) is 0 Å². The summed E-state index contributed by atoms with van der Waals surface area (Å²) in [6.07, 6.45) is 7.94. The van der Waals surface area contributed by atoms with E-state index in [1.807, 2.05) is 12.4 Å². The minimum atomic E-state index is 0.110. The van der Waals surface area contributed by atoms with Crippen LogP contribution in [0.1, 0.15) is 43.2 Å². The molecule has 1 aromatic heterocycles. The summed E-state index contributed by atoms with van der Waals surface area (Å²) in [5.74, 6) is 1.06. The normalized spacial score (nSPS) is 32.4. The summed E-state index contributed by atoms with van der Waals surface area (Å²) >= 11 is 0. The Labute approximate surface area is 125 Å². The number of hydrogen-bond acceptors (Lipinski definition) is 4. The van der Waals surface area contributed by atoms with Gasteiger partial charge < -0.3 is 5.73 Å². The molecule has 2 fully saturated rings. The fraction of sp³-hybridized carbons (Fsp3) is 0.625. The van der Waals surface area contributed by atoms with Crippen molar-refractivity contribution in [1.29, 1.82) is 0 Å². The van der Waals surface area contributed by atoms with E-state index in [9.17, 15) is 4.79 Å². The predicted molar refractivity (Wildman–Crippen MR) is 81.3 cm³/mol. The quantitative estimate of drug-likeness (QED) is 0.778. The molecule has 3 rings (SSSR count). The van der Waals surface area contributed by atoms with Crippen molar-refractivity contribution in [3.8, 4) is 0 Å². The smallest absolute Gasteiger partial charge is 0.237 e. The van der Waals surface area contributed by atoms with Crippen LogP contribution in [0, 0.1) is 11.8 Å². The molecule has 1 saturated heterocycles. The molecular formula is C16H24N4O. The van der Waals surface area contributed by atoms with Gasteiger partial charge in [0, 0.05) is 30.9 Å². The zero-order valence-corrected chi connectivity index (χ0v) is 12.5. The van der Waals surface area contributed by atoms with E-state index in [0.29, 0.717) is 18.4 Å².